The minimum absolute atomic E-state index is 0.764. The zero-order valence-electron chi connectivity index (χ0n) is 5.41. The lowest BCUT2D eigenvalue weighted by Gasteiger charge is -1.67. The summed E-state index contributed by atoms with van der Waals surface area (Å²) in [5.41, 5.74) is 5.26. The van der Waals surface area contributed by atoms with Crippen LogP contribution >= 0.6 is 11.8 Å². The zero-order chi connectivity index (χ0) is 7.54. The first-order chi connectivity index (χ1) is 4.41. The van der Waals surface area contributed by atoms with Gasteiger partial charge in [0.1, 0.15) is 0 Å². The molecule has 0 aromatic carbocycles. The van der Waals surface area contributed by atoms with Gasteiger partial charge in [-0.2, -0.15) is 0 Å². The monoisotopic (exact) mass is 145 g/mol. The summed E-state index contributed by atoms with van der Waals surface area (Å²) in [5.74, 6) is 0. The van der Waals surface area contributed by atoms with Gasteiger partial charge in [0.05, 0.1) is 0 Å². The molecule has 0 saturated carbocycles. The quantitative estimate of drug-likeness (QED) is 0.479. The summed E-state index contributed by atoms with van der Waals surface area (Å²) in [7, 11) is 1.50. The molecule has 0 amide bonds. The molecule has 0 unspecified atom stereocenters. The third-order valence-electron chi connectivity index (χ3n) is 0.349. The normalized spacial score (nSPS) is 7.78. The molecule has 3 heteroatoms. The summed E-state index contributed by atoms with van der Waals surface area (Å²) in [6.45, 7) is 3.42. The number of rotatable bonds is 3. The lowest BCUT2D eigenvalue weighted by atomic mass is 10.6. The molecule has 0 aliphatic carbocycles. The SMILES string of the molecule is C=C/C=C/SC=O.CN. The number of carbonyl (C=O) groups is 1. The fourth-order valence-electron chi connectivity index (χ4n) is 0.133. The van der Waals surface area contributed by atoms with Crippen LogP contribution in [0.3, 0.4) is 0 Å². The van der Waals surface area contributed by atoms with Crippen molar-refractivity contribution < 1.29 is 4.79 Å². The van der Waals surface area contributed by atoms with Crippen LogP contribution in [0.1, 0.15) is 0 Å². The molecule has 2 N–H and O–H groups in total. The van der Waals surface area contributed by atoms with Gasteiger partial charge in [0.2, 0.25) is 0 Å². The van der Waals surface area contributed by atoms with Crippen molar-refractivity contribution in [3.8, 4) is 0 Å². The minimum atomic E-state index is 0.764. The van der Waals surface area contributed by atoms with Crippen molar-refractivity contribution in [3.63, 3.8) is 0 Å². The summed E-state index contributed by atoms with van der Waals surface area (Å²) in [6.07, 6.45) is 3.33. The zero-order valence-corrected chi connectivity index (χ0v) is 6.23. The molecule has 0 fully saturated rings. The van der Waals surface area contributed by atoms with E-state index in [9.17, 15) is 4.79 Å². The Balaban J connectivity index is 0. The molecule has 0 aliphatic heterocycles. The van der Waals surface area contributed by atoms with E-state index in [0.29, 0.717) is 0 Å². The van der Waals surface area contributed by atoms with Gasteiger partial charge >= 0.3 is 0 Å². The molecular weight excluding hydrogens is 134 g/mol. The predicted octanol–water partition coefficient (Wildman–Crippen LogP) is 1.18. The Hall–Kier alpha value is -0.540. The molecule has 9 heavy (non-hydrogen) atoms. The second-order valence-electron chi connectivity index (χ2n) is 0.797. The standard InChI is InChI=1S/C5H6OS.CH5N/c1-2-3-4-7-5-6;1-2/h2-5H,1H2;2H2,1H3/b4-3+;. The van der Waals surface area contributed by atoms with Gasteiger partial charge in [-0.15, -0.1) is 0 Å². The molecule has 0 saturated heterocycles. The fraction of sp³-hybridized carbons (Fsp3) is 0.167. The molecule has 0 radical (unpaired) electrons. The van der Waals surface area contributed by atoms with E-state index in [-0.39, 0.29) is 0 Å². The lowest BCUT2D eigenvalue weighted by molar-refractivity contribution is 0.570. The molecule has 0 aliphatic rings. The first-order valence-electron chi connectivity index (χ1n) is 2.36. The van der Waals surface area contributed by atoms with Gasteiger partial charge in [0, 0.05) is 0 Å². The first-order valence-corrected chi connectivity index (χ1v) is 3.30. The Kier molecular flexibility index (Phi) is 19.6. The number of hydrogen-bond donors (Lipinski definition) is 1. The summed E-state index contributed by atoms with van der Waals surface area (Å²) < 4.78 is 0. The summed E-state index contributed by atoms with van der Waals surface area (Å²) in [6, 6.07) is 0. The highest BCUT2D eigenvalue weighted by Gasteiger charge is 1.64. The van der Waals surface area contributed by atoms with Gasteiger partial charge in [0.25, 0.3) is 0 Å². The van der Waals surface area contributed by atoms with Gasteiger partial charge in [-0.05, 0) is 12.5 Å². The van der Waals surface area contributed by atoms with Crippen molar-refractivity contribution in [2.75, 3.05) is 7.05 Å². The van der Waals surface area contributed by atoms with Gasteiger partial charge < -0.3 is 5.73 Å². The number of carbonyl (C=O) groups excluding carboxylic acids is 1. The topological polar surface area (TPSA) is 43.1 Å². The second kappa shape index (κ2) is 15.7. The number of thioether (sulfide) groups is 1. The summed E-state index contributed by atoms with van der Waals surface area (Å²) in [5, 5.41) is 1.67. The Labute approximate surface area is 59.8 Å². The van der Waals surface area contributed by atoms with E-state index in [2.05, 4.69) is 12.3 Å². The molecule has 52 valence electrons. The molecule has 0 rings (SSSR count). The van der Waals surface area contributed by atoms with E-state index in [1.807, 2.05) is 0 Å². The van der Waals surface area contributed by atoms with E-state index in [1.165, 1.54) is 7.05 Å². The largest absolute Gasteiger partial charge is 0.333 e. The molecule has 0 atom stereocenters. The highest BCUT2D eigenvalue weighted by molar-refractivity contribution is 8.14. The minimum Gasteiger partial charge on any atom is -0.333 e. The van der Waals surface area contributed by atoms with Crippen LogP contribution in [-0.2, 0) is 4.79 Å². The Morgan fingerprint density at radius 3 is 2.44 bits per heavy atom. The lowest BCUT2D eigenvalue weighted by Crippen LogP contribution is -1.69. The molecule has 0 aromatic heterocycles. The summed E-state index contributed by atoms with van der Waals surface area (Å²) >= 11 is 1.10. The molecule has 0 bridgehead atoms. The number of hydrogen-bond acceptors (Lipinski definition) is 3. The maximum Gasteiger partial charge on any atom is 0.180 e. The van der Waals surface area contributed by atoms with Gasteiger partial charge in [-0.3, -0.25) is 4.79 Å². The fourth-order valence-corrected chi connectivity index (χ4v) is 0.399. The third-order valence-corrected chi connectivity index (χ3v) is 0.774. The maximum absolute atomic E-state index is 9.56. The van der Waals surface area contributed by atoms with Crippen molar-refractivity contribution in [1.29, 1.82) is 0 Å². The highest BCUT2D eigenvalue weighted by Crippen LogP contribution is 1.93. The predicted molar refractivity (Wildman–Crippen MR) is 43.8 cm³/mol. The van der Waals surface area contributed by atoms with Crippen LogP contribution in [0.15, 0.2) is 24.1 Å². The van der Waals surface area contributed by atoms with Crippen LogP contribution in [0.25, 0.3) is 0 Å². The third kappa shape index (κ3) is 18.6. The van der Waals surface area contributed by atoms with E-state index >= 15 is 0 Å². The highest BCUT2D eigenvalue weighted by atomic mass is 32.2. The van der Waals surface area contributed by atoms with Crippen molar-refractivity contribution in [2.45, 2.75) is 0 Å². The van der Waals surface area contributed by atoms with Crippen LogP contribution in [-0.4, -0.2) is 12.7 Å². The summed E-state index contributed by atoms with van der Waals surface area (Å²) in [4.78, 5) is 9.56. The van der Waals surface area contributed by atoms with Crippen LogP contribution < -0.4 is 5.73 Å². The van der Waals surface area contributed by atoms with Crippen molar-refractivity contribution in [3.05, 3.63) is 24.1 Å². The van der Waals surface area contributed by atoms with Crippen LogP contribution in [0, 0.1) is 0 Å². The average molecular weight is 145 g/mol. The Morgan fingerprint density at radius 1 is 1.56 bits per heavy atom. The van der Waals surface area contributed by atoms with Gasteiger partial charge in [0.15, 0.2) is 5.62 Å². The van der Waals surface area contributed by atoms with Crippen LogP contribution in [0.4, 0.5) is 0 Å². The van der Waals surface area contributed by atoms with Crippen molar-refractivity contribution in [2.24, 2.45) is 5.73 Å². The first kappa shape index (κ1) is 11.3. The Bertz CT molecular complexity index is 91.1. The smallest absolute Gasteiger partial charge is 0.180 e. The molecular formula is C6H11NOS. The van der Waals surface area contributed by atoms with Gasteiger partial charge in [-0.1, -0.05) is 30.5 Å². The van der Waals surface area contributed by atoms with Gasteiger partial charge in [-0.25, -0.2) is 0 Å². The van der Waals surface area contributed by atoms with E-state index < -0.39 is 0 Å². The molecule has 0 spiro atoms. The van der Waals surface area contributed by atoms with Crippen molar-refractivity contribution >= 4 is 17.4 Å². The van der Waals surface area contributed by atoms with Crippen LogP contribution in [0.2, 0.25) is 0 Å². The van der Waals surface area contributed by atoms with E-state index in [1.54, 1.807) is 17.6 Å². The Morgan fingerprint density at radius 2 is 2.11 bits per heavy atom. The molecule has 0 aromatic rings. The van der Waals surface area contributed by atoms with E-state index in [0.717, 1.165) is 17.4 Å². The van der Waals surface area contributed by atoms with E-state index in [4.69, 9.17) is 0 Å². The second-order valence-corrected chi connectivity index (χ2v) is 1.53. The number of nitrogens with two attached hydrogens (primary N) is 1. The van der Waals surface area contributed by atoms with Crippen LogP contribution in [0.5, 0.6) is 0 Å². The number of allylic oxidation sites excluding steroid dienone is 2. The molecule has 2 nitrogen and oxygen atoms in total. The molecule has 0 heterocycles. The average Bonchev–Trinajstić information content (AvgIpc) is 1.94. The maximum atomic E-state index is 9.56. The van der Waals surface area contributed by atoms with Crippen molar-refractivity contribution in [1.82, 2.24) is 0 Å².